The molecule has 0 fully saturated rings. The van der Waals surface area contributed by atoms with Crippen molar-refractivity contribution in [2.24, 2.45) is 0 Å². The highest BCUT2D eigenvalue weighted by molar-refractivity contribution is 5.76. The number of aliphatic hydroxyl groups is 2. The van der Waals surface area contributed by atoms with E-state index in [0.717, 1.165) is 44.9 Å². The van der Waals surface area contributed by atoms with Gasteiger partial charge in [-0.25, -0.2) is 0 Å². The van der Waals surface area contributed by atoms with Gasteiger partial charge in [-0.05, 0) is 57.8 Å². The number of hydrogen-bond acceptors (Lipinski definition) is 5. The summed E-state index contributed by atoms with van der Waals surface area (Å²) in [5.74, 6) is -0.0699. The lowest BCUT2D eigenvalue weighted by Crippen LogP contribution is -2.45. The van der Waals surface area contributed by atoms with Gasteiger partial charge in [-0.2, -0.15) is 0 Å². The van der Waals surface area contributed by atoms with Crippen molar-refractivity contribution in [1.82, 2.24) is 5.32 Å². The van der Waals surface area contributed by atoms with Gasteiger partial charge in [0.05, 0.1) is 25.4 Å². The van der Waals surface area contributed by atoms with Crippen LogP contribution in [0.15, 0.2) is 24.3 Å². The number of allylic oxidation sites excluding steroid dienone is 3. The van der Waals surface area contributed by atoms with Gasteiger partial charge in [-0.3, -0.25) is 9.59 Å². The maximum atomic E-state index is 12.4. The van der Waals surface area contributed by atoms with Crippen LogP contribution >= 0.6 is 0 Å². The Morgan fingerprint density at radius 3 is 1.13 bits per heavy atom. The Labute approximate surface area is 392 Å². The highest BCUT2D eigenvalue weighted by Gasteiger charge is 2.18. The van der Waals surface area contributed by atoms with Gasteiger partial charge < -0.3 is 20.3 Å². The lowest BCUT2D eigenvalue weighted by Gasteiger charge is -2.20. The molecule has 2 atom stereocenters. The van der Waals surface area contributed by atoms with Crippen LogP contribution in [-0.2, 0) is 14.3 Å². The topological polar surface area (TPSA) is 95.9 Å². The Hall–Kier alpha value is -1.66. The van der Waals surface area contributed by atoms with E-state index >= 15 is 0 Å². The first-order valence-corrected chi connectivity index (χ1v) is 28.1. The molecule has 3 N–H and O–H groups in total. The number of carbonyl (C=O) groups excluding carboxylic acids is 2. The third-order valence-electron chi connectivity index (χ3n) is 13.0. The van der Waals surface area contributed by atoms with Crippen molar-refractivity contribution in [2.75, 3.05) is 13.2 Å². The molecule has 0 aliphatic heterocycles. The average Bonchev–Trinajstić information content (AvgIpc) is 3.28. The van der Waals surface area contributed by atoms with Gasteiger partial charge in [0.15, 0.2) is 0 Å². The summed E-state index contributed by atoms with van der Waals surface area (Å²) in [6.07, 6.45) is 63.4. The fourth-order valence-electron chi connectivity index (χ4n) is 8.63. The summed E-state index contributed by atoms with van der Waals surface area (Å²) in [7, 11) is 0. The van der Waals surface area contributed by atoms with Crippen LogP contribution in [0.25, 0.3) is 0 Å². The average molecular weight is 889 g/mol. The number of amides is 1. The molecule has 0 bridgehead atoms. The maximum Gasteiger partial charge on any atom is 0.305 e. The van der Waals surface area contributed by atoms with Gasteiger partial charge in [0, 0.05) is 12.8 Å². The first-order valence-electron chi connectivity index (χ1n) is 28.1. The second-order valence-corrected chi connectivity index (χ2v) is 19.3. The van der Waals surface area contributed by atoms with Crippen molar-refractivity contribution in [1.29, 1.82) is 0 Å². The number of ether oxygens (including phenoxy) is 1. The van der Waals surface area contributed by atoms with Gasteiger partial charge in [0.1, 0.15) is 0 Å². The Morgan fingerprint density at radius 2 is 0.746 bits per heavy atom. The minimum absolute atomic E-state index is 0.00302. The van der Waals surface area contributed by atoms with Crippen LogP contribution in [0, 0.1) is 0 Å². The minimum Gasteiger partial charge on any atom is -0.466 e. The number of hydrogen-bond donors (Lipinski definition) is 3. The highest BCUT2D eigenvalue weighted by Crippen LogP contribution is 2.16. The molecule has 6 nitrogen and oxygen atoms in total. The molecular formula is C57H109NO5. The van der Waals surface area contributed by atoms with Crippen molar-refractivity contribution < 1.29 is 24.5 Å². The van der Waals surface area contributed by atoms with Crippen LogP contribution in [0.5, 0.6) is 0 Å². The molecular weight excluding hydrogens is 779 g/mol. The predicted octanol–water partition coefficient (Wildman–Crippen LogP) is 17.1. The van der Waals surface area contributed by atoms with Crippen LogP contribution in [0.2, 0.25) is 0 Å². The minimum atomic E-state index is -0.845. The fourth-order valence-corrected chi connectivity index (χ4v) is 8.63. The van der Waals surface area contributed by atoms with Gasteiger partial charge in [0.2, 0.25) is 5.91 Å². The number of esters is 1. The van der Waals surface area contributed by atoms with E-state index in [1.807, 2.05) is 6.08 Å². The summed E-state index contributed by atoms with van der Waals surface area (Å²) < 4.78 is 5.48. The molecule has 0 aliphatic carbocycles. The summed E-state index contributed by atoms with van der Waals surface area (Å²) in [6, 6.07) is -0.629. The van der Waals surface area contributed by atoms with E-state index in [2.05, 4.69) is 31.3 Å². The summed E-state index contributed by atoms with van der Waals surface area (Å²) >= 11 is 0. The maximum absolute atomic E-state index is 12.4. The molecule has 372 valence electrons. The molecule has 0 aromatic heterocycles. The molecule has 0 rings (SSSR count). The van der Waals surface area contributed by atoms with E-state index in [1.165, 1.54) is 231 Å². The zero-order valence-corrected chi connectivity index (χ0v) is 42.3. The van der Waals surface area contributed by atoms with Crippen LogP contribution < -0.4 is 5.32 Å². The first kappa shape index (κ1) is 61.3. The molecule has 0 spiro atoms. The fraction of sp³-hybridized carbons (Fsp3) is 0.895. The van der Waals surface area contributed by atoms with Crippen LogP contribution in [0.3, 0.4) is 0 Å². The third-order valence-corrected chi connectivity index (χ3v) is 13.0. The standard InChI is InChI=1S/C57H109NO5/c1-3-5-7-9-11-13-15-16-17-20-24-27-31-35-39-43-47-51-57(62)63-52-48-44-40-36-32-28-25-22-19-18-21-23-26-30-34-38-42-46-50-56(61)58-54(53-59)55(60)49-45-41-37-33-29-14-12-10-8-6-4-2/h16-17,45,49,54-55,59-60H,3-15,18-44,46-48,50-53H2,1-2H3,(H,58,61)/b17-16-,49-45+. The molecule has 6 heteroatoms. The van der Waals surface area contributed by atoms with Crippen LogP contribution in [-0.4, -0.2) is 47.4 Å². The number of carbonyl (C=O) groups is 2. The van der Waals surface area contributed by atoms with E-state index in [0.29, 0.717) is 19.4 Å². The Balaban J connectivity index is 3.40. The second kappa shape index (κ2) is 53.0. The Morgan fingerprint density at radius 1 is 0.429 bits per heavy atom. The summed E-state index contributed by atoms with van der Waals surface area (Å²) in [4.78, 5) is 24.5. The molecule has 0 aromatic rings. The third kappa shape index (κ3) is 49.6. The Bertz CT molecular complexity index is 982. The highest BCUT2D eigenvalue weighted by atomic mass is 16.5. The molecule has 0 saturated carbocycles. The van der Waals surface area contributed by atoms with Crippen molar-refractivity contribution in [3.05, 3.63) is 24.3 Å². The molecule has 0 aliphatic rings. The first-order chi connectivity index (χ1) is 31.0. The SMILES string of the molecule is CCCCCCCC/C=C\CCCCCCCCCC(=O)OCCCCCCCCCCCCCCCCCCCCC(=O)NC(CO)C(O)/C=C/CCCCCCCCCCC. The molecule has 1 amide bonds. The quantitative estimate of drug-likeness (QED) is 0.0321. The summed E-state index contributed by atoms with van der Waals surface area (Å²) in [6.45, 7) is 4.88. The molecule has 0 radical (unpaired) electrons. The largest absolute Gasteiger partial charge is 0.466 e. The molecule has 63 heavy (non-hydrogen) atoms. The molecule has 0 heterocycles. The molecule has 0 saturated heterocycles. The molecule has 2 unspecified atom stereocenters. The zero-order valence-electron chi connectivity index (χ0n) is 42.3. The normalized spacial score (nSPS) is 12.8. The van der Waals surface area contributed by atoms with Gasteiger partial charge >= 0.3 is 5.97 Å². The van der Waals surface area contributed by atoms with Crippen LogP contribution in [0.1, 0.15) is 303 Å². The lowest BCUT2D eigenvalue weighted by molar-refractivity contribution is -0.143. The van der Waals surface area contributed by atoms with Gasteiger partial charge in [0.25, 0.3) is 0 Å². The molecule has 0 aromatic carbocycles. The van der Waals surface area contributed by atoms with E-state index in [-0.39, 0.29) is 18.5 Å². The van der Waals surface area contributed by atoms with E-state index in [4.69, 9.17) is 4.74 Å². The van der Waals surface area contributed by atoms with Crippen molar-refractivity contribution in [2.45, 2.75) is 315 Å². The Kier molecular flexibility index (Phi) is 51.6. The summed E-state index contributed by atoms with van der Waals surface area (Å²) in [5.41, 5.74) is 0. The monoisotopic (exact) mass is 888 g/mol. The number of aliphatic hydroxyl groups excluding tert-OH is 2. The van der Waals surface area contributed by atoms with E-state index < -0.39 is 12.1 Å². The number of rotatable bonds is 52. The second-order valence-electron chi connectivity index (χ2n) is 19.3. The number of nitrogens with one attached hydrogen (secondary N) is 1. The lowest BCUT2D eigenvalue weighted by atomic mass is 10.0. The predicted molar refractivity (Wildman–Crippen MR) is 273 cm³/mol. The zero-order chi connectivity index (χ0) is 45.8. The summed E-state index contributed by atoms with van der Waals surface area (Å²) in [5, 5.41) is 23.0. The van der Waals surface area contributed by atoms with E-state index in [1.54, 1.807) is 6.08 Å². The van der Waals surface area contributed by atoms with E-state index in [9.17, 15) is 19.8 Å². The number of unbranched alkanes of at least 4 members (excludes halogenated alkanes) is 39. The van der Waals surface area contributed by atoms with Crippen LogP contribution in [0.4, 0.5) is 0 Å². The van der Waals surface area contributed by atoms with Gasteiger partial charge in [-0.1, -0.05) is 256 Å². The van der Waals surface area contributed by atoms with Crippen molar-refractivity contribution in [3.8, 4) is 0 Å². The van der Waals surface area contributed by atoms with Gasteiger partial charge in [-0.15, -0.1) is 0 Å². The van der Waals surface area contributed by atoms with Crippen molar-refractivity contribution >= 4 is 11.9 Å². The smallest absolute Gasteiger partial charge is 0.305 e. The van der Waals surface area contributed by atoms with Crippen molar-refractivity contribution in [3.63, 3.8) is 0 Å².